The second kappa shape index (κ2) is 9.28. The van der Waals surface area contributed by atoms with Gasteiger partial charge in [0.25, 0.3) is 0 Å². The molecule has 0 saturated heterocycles. The Morgan fingerprint density at radius 1 is 0.947 bits per heavy atom. The van der Waals surface area contributed by atoms with Gasteiger partial charge in [-0.3, -0.25) is 9.98 Å². The summed E-state index contributed by atoms with van der Waals surface area (Å²) in [6.07, 6.45) is 8.73. The van der Waals surface area contributed by atoms with Crippen molar-refractivity contribution in [3.8, 4) is 0 Å². The first kappa shape index (κ1) is 18.3. The number of hydrogen-bond acceptors (Lipinski definition) is 2. The maximum absolute atomic E-state index is 4.72. The molecule has 0 aromatic rings. The molecule has 19 heavy (non-hydrogen) atoms. The summed E-state index contributed by atoms with van der Waals surface area (Å²) in [5.74, 6) is 1.40. The van der Waals surface area contributed by atoms with Crippen LogP contribution in [0.3, 0.4) is 0 Å². The van der Waals surface area contributed by atoms with Crippen molar-refractivity contribution in [2.75, 3.05) is 0 Å². The standard InChI is InChI=1S/C17H34N2/c1-14(2)9-13-19-17(6,7)11-8-16(5)10-12-18-15(3)4/h12-16H,8-11H2,1-7H3. The van der Waals surface area contributed by atoms with Gasteiger partial charge in [-0.2, -0.15) is 0 Å². The fourth-order valence-electron chi connectivity index (χ4n) is 1.74. The summed E-state index contributed by atoms with van der Waals surface area (Å²) in [5, 5.41) is 0. The number of rotatable bonds is 9. The normalized spacial score (nSPS) is 15.2. The van der Waals surface area contributed by atoms with Crippen LogP contribution in [0.15, 0.2) is 9.98 Å². The SMILES string of the molecule is CC(C)CC=NC(C)(C)CCC(C)CC=NC(C)C. The molecule has 0 N–H and O–H groups in total. The van der Waals surface area contributed by atoms with Crippen molar-refractivity contribution in [2.24, 2.45) is 21.8 Å². The van der Waals surface area contributed by atoms with Crippen molar-refractivity contribution in [3.05, 3.63) is 0 Å². The molecule has 0 fully saturated rings. The zero-order valence-corrected chi connectivity index (χ0v) is 14.1. The maximum atomic E-state index is 4.72. The van der Waals surface area contributed by atoms with Crippen LogP contribution in [0, 0.1) is 11.8 Å². The minimum Gasteiger partial charge on any atom is -0.295 e. The van der Waals surface area contributed by atoms with E-state index in [1.54, 1.807) is 0 Å². The van der Waals surface area contributed by atoms with Crippen molar-refractivity contribution in [2.45, 2.75) is 85.7 Å². The van der Waals surface area contributed by atoms with Crippen LogP contribution in [0.4, 0.5) is 0 Å². The van der Waals surface area contributed by atoms with Gasteiger partial charge < -0.3 is 0 Å². The van der Waals surface area contributed by atoms with Crippen LogP contribution in [-0.4, -0.2) is 24.0 Å². The van der Waals surface area contributed by atoms with Gasteiger partial charge in [0.1, 0.15) is 0 Å². The third-order valence-corrected chi connectivity index (χ3v) is 3.18. The molecular weight excluding hydrogens is 232 g/mol. The summed E-state index contributed by atoms with van der Waals surface area (Å²) in [7, 11) is 0. The Labute approximate surface area is 120 Å². The molecular formula is C17H34N2. The van der Waals surface area contributed by atoms with Gasteiger partial charge >= 0.3 is 0 Å². The molecule has 0 aliphatic carbocycles. The van der Waals surface area contributed by atoms with Gasteiger partial charge in [0.15, 0.2) is 0 Å². The predicted octanol–water partition coefficient (Wildman–Crippen LogP) is 5.17. The number of nitrogens with zero attached hydrogens (tertiary/aromatic N) is 2. The Bertz CT molecular complexity index is 275. The molecule has 0 amide bonds. The van der Waals surface area contributed by atoms with E-state index in [9.17, 15) is 0 Å². The van der Waals surface area contributed by atoms with Crippen molar-refractivity contribution >= 4 is 12.4 Å². The Kier molecular flexibility index (Phi) is 8.95. The second-order valence-electron chi connectivity index (χ2n) is 7.06. The second-order valence-corrected chi connectivity index (χ2v) is 7.06. The molecule has 2 nitrogen and oxygen atoms in total. The van der Waals surface area contributed by atoms with E-state index in [2.05, 4.69) is 65.9 Å². The number of hydrogen-bond donors (Lipinski definition) is 0. The molecule has 1 atom stereocenters. The lowest BCUT2D eigenvalue weighted by molar-refractivity contribution is 0.409. The average molecular weight is 266 g/mol. The van der Waals surface area contributed by atoms with Gasteiger partial charge in [-0.1, -0.05) is 20.8 Å². The average Bonchev–Trinajstić information content (AvgIpc) is 2.25. The van der Waals surface area contributed by atoms with Gasteiger partial charge in [-0.15, -0.1) is 0 Å². The van der Waals surface area contributed by atoms with Crippen LogP contribution in [-0.2, 0) is 0 Å². The summed E-state index contributed by atoms with van der Waals surface area (Å²) in [4.78, 5) is 9.14. The van der Waals surface area contributed by atoms with Gasteiger partial charge in [-0.25, -0.2) is 0 Å². The molecule has 0 radical (unpaired) electrons. The van der Waals surface area contributed by atoms with Crippen molar-refractivity contribution in [1.29, 1.82) is 0 Å². The van der Waals surface area contributed by atoms with E-state index in [0.717, 1.165) is 19.3 Å². The van der Waals surface area contributed by atoms with E-state index in [1.165, 1.54) is 6.42 Å². The van der Waals surface area contributed by atoms with Crippen molar-refractivity contribution in [3.63, 3.8) is 0 Å². The first-order valence-corrected chi connectivity index (χ1v) is 7.78. The molecule has 0 aliphatic rings. The molecule has 2 heteroatoms. The lowest BCUT2D eigenvalue weighted by atomic mass is 9.92. The monoisotopic (exact) mass is 266 g/mol. The Morgan fingerprint density at radius 2 is 1.58 bits per heavy atom. The van der Waals surface area contributed by atoms with E-state index in [-0.39, 0.29) is 5.54 Å². The molecule has 0 bridgehead atoms. The Morgan fingerprint density at radius 3 is 2.11 bits per heavy atom. The minimum atomic E-state index is 0.0817. The molecule has 1 unspecified atom stereocenters. The fraction of sp³-hybridized carbons (Fsp3) is 0.882. The zero-order valence-electron chi connectivity index (χ0n) is 14.1. The van der Waals surface area contributed by atoms with Crippen LogP contribution in [0.2, 0.25) is 0 Å². The summed E-state index contributed by atoms with van der Waals surface area (Å²) in [6.45, 7) is 15.5. The van der Waals surface area contributed by atoms with Crippen LogP contribution >= 0.6 is 0 Å². The van der Waals surface area contributed by atoms with E-state index in [4.69, 9.17) is 4.99 Å². The van der Waals surface area contributed by atoms with Crippen LogP contribution < -0.4 is 0 Å². The highest BCUT2D eigenvalue weighted by Gasteiger charge is 2.16. The molecule has 0 spiro atoms. The van der Waals surface area contributed by atoms with Gasteiger partial charge in [0.05, 0.1) is 5.54 Å². The minimum absolute atomic E-state index is 0.0817. The molecule has 0 aliphatic heterocycles. The highest BCUT2D eigenvalue weighted by atomic mass is 14.8. The lowest BCUT2D eigenvalue weighted by Crippen LogP contribution is -2.18. The van der Waals surface area contributed by atoms with Crippen LogP contribution in [0.1, 0.15) is 74.1 Å². The van der Waals surface area contributed by atoms with Crippen molar-refractivity contribution < 1.29 is 0 Å². The van der Waals surface area contributed by atoms with Gasteiger partial charge in [0.2, 0.25) is 0 Å². The third kappa shape index (κ3) is 12.1. The van der Waals surface area contributed by atoms with E-state index in [0.29, 0.717) is 17.9 Å². The first-order chi connectivity index (χ1) is 8.73. The smallest absolute Gasteiger partial charge is 0.0548 e. The molecule has 0 aromatic heterocycles. The summed E-state index contributed by atoms with van der Waals surface area (Å²) >= 11 is 0. The molecule has 0 saturated carbocycles. The van der Waals surface area contributed by atoms with Crippen molar-refractivity contribution in [1.82, 2.24) is 0 Å². The lowest BCUT2D eigenvalue weighted by Gasteiger charge is -2.21. The van der Waals surface area contributed by atoms with E-state index >= 15 is 0 Å². The Hall–Kier alpha value is -0.660. The maximum Gasteiger partial charge on any atom is 0.0548 e. The highest BCUT2D eigenvalue weighted by molar-refractivity contribution is 5.58. The number of aliphatic imine (C=N–C) groups is 2. The molecule has 0 heterocycles. The molecule has 0 aromatic carbocycles. The highest BCUT2D eigenvalue weighted by Crippen LogP contribution is 2.21. The summed E-state index contributed by atoms with van der Waals surface area (Å²) < 4.78 is 0. The third-order valence-electron chi connectivity index (χ3n) is 3.18. The van der Waals surface area contributed by atoms with E-state index < -0.39 is 0 Å². The quantitative estimate of drug-likeness (QED) is 0.514. The fourth-order valence-corrected chi connectivity index (χ4v) is 1.74. The largest absolute Gasteiger partial charge is 0.295 e. The summed E-state index contributed by atoms with van der Waals surface area (Å²) in [5.41, 5.74) is 0.0817. The van der Waals surface area contributed by atoms with Crippen LogP contribution in [0.5, 0.6) is 0 Å². The Balaban J connectivity index is 3.98. The zero-order chi connectivity index (χ0) is 14.9. The van der Waals surface area contributed by atoms with E-state index in [1.807, 2.05) is 0 Å². The van der Waals surface area contributed by atoms with Gasteiger partial charge in [-0.05, 0) is 77.6 Å². The summed E-state index contributed by atoms with van der Waals surface area (Å²) in [6, 6.07) is 0.421. The van der Waals surface area contributed by atoms with Crippen LogP contribution in [0.25, 0.3) is 0 Å². The molecule has 112 valence electrons. The van der Waals surface area contributed by atoms with Gasteiger partial charge in [0, 0.05) is 6.04 Å². The topological polar surface area (TPSA) is 24.7 Å². The predicted molar refractivity (Wildman–Crippen MR) is 88.7 cm³/mol. The first-order valence-electron chi connectivity index (χ1n) is 7.78. The molecule has 0 rings (SSSR count).